The van der Waals surface area contributed by atoms with E-state index < -0.39 is 52.1 Å². The molecule has 12 heteroatoms. The molecule has 0 aromatic heterocycles. The molecule has 0 aliphatic carbocycles. The third-order valence-electron chi connectivity index (χ3n) is 15.5. The highest BCUT2D eigenvalue weighted by molar-refractivity contribution is 6.02. The normalized spacial score (nSPS) is 11.8. The molecular formula is C66H114O12. The second-order valence-electron chi connectivity index (χ2n) is 22.1. The molecule has 12 nitrogen and oxygen atoms in total. The lowest BCUT2D eigenvalue weighted by atomic mass is 9.72. The van der Waals surface area contributed by atoms with E-state index in [4.69, 9.17) is 28.4 Å². The third kappa shape index (κ3) is 27.0. The Hall–Kier alpha value is -3.96. The first kappa shape index (κ1) is 72.1. The average Bonchev–Trinajstić information content (AvgIpc) is 3.42. The fraction of sp³-hybridized carbons (Fsp3) is 0.818. The van der Waals surface area contributed by atoms with Crippen molar-refractivity contribution < 1.29 is 57.2 Å². The van der Waals surface area contributed by atoms with Gasteiger partial charge in [-0.3, -0.25) is 28.8 Å². The Kier molecular flexibility index (Phi) is 41.3. The highest BCUT2D eigenvalue weighted by Crippen LogP contribution is 2.40. The fourth-order valence-corrected chi connectivity index (χ4v) is 11.1. The molecule has 1 aromatic rings. The number of benzene rings is 1. The minimum atomic E-state index is -1.74. The standard InChI is InChI=1S/C66H114O12/c1-10-19-22-25-28-31-34-37-40-43-46-64(58(67)73-13-4,59(68)74-14-5)52-55-49-56(53-65(60(69)75-15-6,61(70)76-16-7)47-44-41-38-35-32-29-26-23-20-11-2)51-57(50-55)54-66(62(71)77-17-8,63(72)78-18-9)48-45-42-39-36-33-30-27-24-21-12-3/h49-51H,10-48,52-54H2,1-9H3. The predicted molar refractivity (Wildman–Crippen MR) is 314 cm³/mol. The van der Waals surface area contributed by atoms with Crippen LogP contribution in [0.1, 0.15) is 291 Å². The molecule has 0 fully saturated rings. The highest BCUT2D eigenvalue weighted by Gasteiger charge is 2.52. The first-order valence-corrected chi connectivity index (χ1v) is 32.0. The fourth-order valence-electron chi connectivity index (χ4n) is 11.1. The van der Waals surface area contributed by atoms with E-state index in [0.29, 0.717) is 36.0 Å². The van der Waals surface area contributed by atoms with Gasteiger partial charge in [0.05, 0.1) is 39.6 Å². The van der Waals surface area contributed by atoms with Crippen molar-refractivity contribution in [2.75, 3.05) is 39.6 Å². The summed E-state index contributed by atoms with van der Waals surface area (Å²) >= 11 is 0. The van der Waals surface area contributed by atoms with Gasteiger partial charge in [-0.1, -0.05) is 232 Å². The Bertz CT molecular complexity index is 1510. The van der Waals surface area contributed by atoms with Crippen LogP contribution in [-0.4, -0.2) is 75.5 Å². The molecule has 1 aromatic carbocycles. The molecule has 0 amide bonds. The maximum atomic E-state index is 14.5. The van der Waals surface area contributed by atoms with Gasteiger partial charge in [-0.2, -0.15) is 0 Å². The van der Waals surface area contributed by atoms with Crippen LogP contribution in [0, 0.1) is 16.2 Å². The summed E-state index contributed by atoms with van der Waals surface area (Å²) in [4.78, 5) is 87.1. The Morgan fingerprint density at radius 2 is 0.410 bits per heavy atom. The highest BCUT2D eigenvalue weighted by atomic mass is 16.6. The lowest BCUT2D eigenvalue weighted by Gasteiger charge is -2.32. The molecule has 1 rings (SSSR count). The van der Waals surface area contributed by atoms with E-state index in [9.17, 15) is 28.8 Å². The zero-order valence-electron chi connectivity index (χ0n) is 51.3. The molecule has 78 heavy (non-hydrogen) atoms. The summed E-state index contributed by atoms with van der Waals surface area (Å²) in [7, 11) is 0. The lowest BCUT2D eigenvalue weighted by Crippen LogP contribution is -2.45. The first-order valence-electron chi connectivity index (χ1n) is 32.0. The number of carbonyl (C=O) groups excluding carboxylic acids is 6. The number of unbranched alkanes of at least 4 members (excludes halogenated alkanes) is 27. The van der Waals surface area contributed by atoms with Crippen LogP contribution in [0.2, 0.25) is 0 Å². The molecule has 0 aliphatic rings. The summed E-state index contributed by atoms with van der Waals surface area (Å²) < 4.78 is 34.6. The molecule has 0 N–H and O–H groups in total. The van der Waals surface area contributed by atoms with Crippen molar-refractivity contribution in [1.29, 1.82) is 0 Å². The monoisotopic (exact) mass is 1100 g/mol. The Labute approximate surface area is 475 Å². The first-order chi connectivity index (χ1) is 37.8. The van der Waals surface area contributed by atoms with Gasteiger partial charge >= 0.3 is 35.8 Å². The van der Waals surface area contributed by atoms with Crippen LogP contribution in [0.5, 0.6) is 0 Å². The molecule has 0 aliphatic heterocycles. The number of ether oxygens (including phenoxy) is 6. The van der Waals surface area contributed by atoms with Gasteiger partial charge in [0.1, 0.15) is 0 Å². The largest absolute Gasteiger partial charge is 0.465 e. The van der Waals surface area contributed by atoms with Gasteiger partial charge in [0.15, 0.2) is 16.2 Å². The van der Waals surface area contributed by atoms with Crippen LogP contribution in [0.25, 0.3) is 0 Å². The van der Waals surface area contributed by atoms with E-state index >= 15 is 0 Å². The smallest absolute Gasteiger partial charge is 0.323 e. The summed E-state index contributed by atoms with van der Waals surface area (Å²) in [6.45, 7) is 17.2. The van der Waals surface area contributed by atoms with Gasteiger partial charge < -0.3 is 28.4 Å². The molecule has 450 valence electrons. The summed E-state index contributed by atoms with van der Waals surface area (Å²) in [5, 5.41) is 0. The Morgan fingerprint density at radius 3 is 0.564 bits per heavy atom. The topological polar surface area (TPSA) is 158 Å². The van der Waals surface area contributed by atoms with Gasteiger partial charge in [0.25, 0.3) is 0 Å². The number of hydrogen-bond donors (Lipinski definition) is 0. The second kappa shape index (κ2) is 44.7. The van der Waals surface area contributed by atoms with E-state index in [0.717, 1.165) is 77.0 Å². The number of rotatable bonds is 51. The number of hydrogen-bond acceptors (Lipinski definition) is 12. The van der Waals surface area contributed by atoms with E-state index in [1.807, 2.05) is 18.2 Å². The summed E-state index contributed by atoms with van der Waals surface area (Å²) in [6.07, 6.45) is 32.1. The predicted octanol–water partition coefficient (Wildman–Crippen LogP) is 16.6. The zero-order chi connectivity index (χ0) is 57.8. The van der Waals surface area contributed by atoms with E-state index in [-0.39, 0.29) is 78.2 Å². The van der Waals surface area contributed by atoms with Crippen LogP contribution in [0.3, 0.4) is 0 Å². The van der Waals surface area contributed by atoms with Crippen molar-refractivity contribution in [3.05, 3.63) is 34.9 Å². The van der Waals surface area contributed by atoms with Crippen LogP contribution in [-0.2, 0) is 76.5 Å². The van der Waals surface area contributed by atoms with E-state index in [1.54, 1.807) is 41.5 Å². The van der Waals surface area contributed by atoms with Gasteiger partial charge in [-0.25, -0.2) is 0 Å². The molecule has 0 radical (unpaired) electrons. The minimum Gasteiger partial charge on any atom is -0.465 e. The lowest BCUT2D eigenvalue weighted by molar-refractivity contribution is -0.174. The summed E-state index contributed by atoms with van der Waals surface area (Å²) in [6, 6.07) is 5.50. The van der Waals surface area contributed by atoms with Gasteiger partial charge in [0, 0.05) is 0 Å². The molecule has 0 heterocycles. The van der Waals surface area contributed by atoms with Crippen molar-refractivity contribution in [2.24, 2.45) is 16.2 Å². The zero-order valence-corrected chi connectivity index (χ0v) is 51.3. The van der Waals surface area contributed by atoms with Crippen molar-refractivity contribution in [3.8, 4) is 0 Å². The van der Waals surface area contributed by atoms with Crippen LogP contribution >= 0.6 is 0 Å². The van der Waals surface area contributed by atoms with Gasteiger partial charge in [-0.05, 0) is 96.8 Å². The van der Waals surface area contributed by atoms with E-state index in [2.05, 4.69) is 20.8 Å². The minimum absolute atomic E-state index is 0.0461. The molecule has 0 atom stereocenters. The van der Waals surface area contributed by atoms with Gasteiger partial charge in [-0.15, -0.1) is 0 Å². The molecule has 0 spiro atoms. The third-order valence-corrected chi connectivity index (χ3v) is 15.5. The maximum Gasteiger partial charge on any atom is 0.323 e. The average molecular weight is 1100 g/mol. The molecule has 0 unspecified atom stereocenters. The quantitative estimate of drug-likeness (QED) is 0.0264. The van der Waals surface area contributed by atoms with Crippen LogP contribution < -0.4 is 0 Å². The SMILES string of the molecule is CCCCCCCCCCCCC(Cc1cc(CC(CCCCCCCCCCCC)(C(=O)OCC)C(=O)OCC)cc(CC(CCCCCCCCCCCC)(C(=O)OCC)C(=O)OCC)c1)(C(=O)OCC)C(=O)OCC. The molecule has 0 saturated heterocycles. The van der Waals surface area contributed by atoms with Gasteiger partial charge in [0.2, 0.25) is 0 Å². The molecule has 0 saturated carbocycles. The number of carbonyl (C=O) groups is 6. The van der Waals surface area contributed by atoms with Crippen molar-refractivity contribution in [1.82, 2.24) is 0 Å². The Morgan fingerprint density at radius 1 is 0.256 bits per heavy atom. The second-order valence-corrected chi connectivity index (χ2v) is 22.1. The van der Waals surface area contributed by atoms with Crippen LogP contribution in [0.15, 0.2) is 18.2 Å². The summed E-state index contributed by atoms with van der Waals surface area (Å²) in [5.41, 5.74) is -3.66. The molecule has 0 bridgehead atoms. The summed E-state index contributed by atoms with van der Waals surface area (Å²) in [5.74, 6) is -4.12. The Balaban J connectivity index is 4.14. The molecular weight excluding hydrogens is 985 g/mol. The maximum absolute atomic E-state index is 14.5. The van der Waals surface area contributed by atoms with Crippen molar-refractivity contribution in [3.63, 3.8) is 0 Å². The van der Waals surface area contributed by atoms with E-state index in [1.165, 1.54) is 96.3 Å². The van der Waals surface area contributed by atoms with Crippen LogP contribution in [0.4, 0.5) is 0 Å². The van der Waals surface area contributed by atoms with Crippen molar-refractivity contribution >= 4 is 35.8 Å². The van der Waals surface area contributed by atoms with Crippen molar-refractivity contribution in [2.45, 2.75) is 293 Å². The number of esters is 6.